The van der Waals surface area contributed by atoms with Gasteiger partial charge in [-0.15, -0.1) is 0 Å². The molecule has 0 atom stereocenters. The van der Waals surface area contributed by atoms with Gasteiger partial charge in [0.2, 0.25) is 5.69 Å². The average Bonchev–Trinajstić information content (AvgIpc) is 3.08. The van der Waals surface area contributed by atoms with Crippen LogP contribution in [-0.2, 0) is 13.5 Å². The van der Waals surface area contributed by atoms with Crippen LogP contribution in [0, 0.1) is 20.8 Å². The van der Waals surface area contributed by atoms with E-state index >= 15 is 0 Å². The third-order valence-corrected chi connectivity index (χ3v) is 6.36. The summed E-state index contributed by atoms with van der Waals surface area (Å²) in [6.45, 7) is 6.65. The maximum Gasteiger partial charge on any atom is 0.213 e. The van der Waals surface area contributed by atoms with Crippen LogP contribution in [-0.4, -0.2) is 0 Å². The molecular weight excluding hydrogens is 350 g/mol. The number of fused-ring (bicyclic) bond motifs is 3. The second-order valence-corrected chi connectivity index (χ2v) is 8.30. The molecule has 142 valence electrons. The molecule has 5 rings (SSSR count). The number of hydrogen-bond acceptors (Lipinski definition) is 0. The first-order valence-corrected chi connectivity index (χ1v) is 10.3. The average molecular weight is 377 g/mol. The van der Waals surface area contributed by atoms with Crippen molar-refractivity contribution in [3.8, 4) is 33.5 Å². The number of pyridine rings is 1. The molecule has 1 aromatic heterocycles. The van der Waals surface area contributed by atoms with E-state index in [1.165, 1.54) is 61.3 Å². The summed E-state index contributed by atoms with van der Waals surface area (Å²) in [7, 11) is 2.17. The lowest BCUT2D eigenvalue weighted by Crippen LogP contribution is -2.32. The van der Waals surface area contributed by atoms with E-state index in [9.17, 15) is 0 Å². The molecule has 1 aliphatic rings. The van der Waals surface area contributed by atoms with Crippen molar-refractivity contribution in [1.82, 2.24) is 0 Å². The van der Waals surface area contributed by atoms with E-state index in [-0.39, 0.29) is 0 Å². The quantitative estimate of drug-likeness (QED) is 0.316. The van der Waals surface area contributed by atoms with Crippen LogP contribution in [0.3, 0.4) is 0 Å². The van der Waals surface area contributed by atoms with E-state index < -0.39 is 0 Å². The summed E-state index contributed by atoms with van der Waals surface area (Å²) in [6, 6.07) is 24.5. The molecule has 0 bridgehead atoms. The van der Waals surface area contributed by atoms with E-state index in [1.807, 2.05) is 0 Å². The second kappa shape index (κ2) is 6.70. The van der Waals surface area contributed by atoms with Gasteiger partial charge in [0.1, 0.15) is 7.05 Å². The Bertz CT molecular complexity index is 1260. The third-order valence-electron chi connectivity index (χ3n) is 6.36. The van der Waals surface area contributed by atoms with Gasteiger partial charge in [-0.2, -0.15) is 0 Å². The van der Waals surface area contributed by atoms with Gasteiger partial charge in [-0.05, 0) is 71.7 Å². The van der Waals surface area contributed by atoms with Gasteiger partial charge in [-0.25, -0.2) is 4.57 Å². The lowest BCUT2D eigenvalue weighted by molar-refractivity contribution is -0.660. The van der Waals surface area contributed by atoms with Crippen molar-refractivity contribution >= 4 is 0 Å². The van der Waals surface area contributed by atoms with Crippen LogP contribution < -0.4 is 4.57 Å². The third kappa shape index (κ3) is 2.81. The molecule has 0 unspecified atom stereocenters. The van der Waals surface area contributed by atoms with Gasteiger partial charge >= 0.3 is 0 Å². The number of benzene rings is 3. The molecule has 0 amide bonds. The highest BCUT2D eigenvalue weighted by molar-refractivity contribution is 5.86. The van der Waals surface area contributed by atoms with Gasteiger partial charge in [-0.3, -0.25) is 0 Å². The monoisotopic (exact) mass is 376 g/mol. The minimum atomic E-state index is 1.01. The van der Waals surface area contributed by atoms with Crippen LogP contribution >= 0.6 is 0 Å². The van der Waals surface area contributed by atoms with E-state index in [2.05, 4.69) is 105 Å². The van der Waals surface area contributed by atoms with Crippen LogP contribution in [0.2, 0.25) is 0 Å². The zero-order chi connectivity index (χ0) is 20.1. The minimum Gasteiger partial charge on any atom is -0.201 e. The highest BCUT2D eigenvalue weighted by atomic mass is 14.9. The summed E-state index contributed by atoms with van der Waals surface area (Å²) in [6.07, 6.45) is 3.29. The Morgan fingerprint density at radius 2 is 1.38 bits per heavy atom. The van der Waals surface area contributed by atoms with Gasteiger partial charge < -0.3 is 0 Å². The highest BCUT2D eigenvalue weighted by Crippen LogP contribution is 2.43. The van der Waals surface area contributed by atoms with Crippen molar-refractivity contribution < 1.29 is 4.57 Å². The molecule has 1 nitrogen and oxygen atoms in total. The Balaban J connectivity index is 1.76. The number of nitrogens with zero attached hydrogens (tertiary/aromatic N) is 1. The largest absolute Gasteiger partial charge is 0.213 e. The Hall–Kier alpha value is -3.19. The normalized spacial score (nSPS) is 12.0. The fourth-order valence-electron chi connectivity index (χ4n) is 4.88. The number of aromatic nitrogens is 1. The van der Waals surface area contributed by atoms with Gasteiger partial charge in [0.15, 0.2) is 6.20 Å². The molecule has 29 heavy (non-hydrogen) atoms. The van der Waals surface area contributed by atoms with Crippen molar-refractivity contribution in [2.45, 2.75) is 27.2 Å². The lowest BCUT2D eigenvalue weighted by Gasteiger charge is -2.14. The van der Waals surface area contributed by atoms with Crippen molar-refractivity contribution in [2.75, 3.05) is 0 Å². The molecule has 1 aliphatic carbocycles. The predicted molar refractivity (Wildman–Crippen MR) is 121 cm³/mol. The first-order valence-electron chi connectivity index (χ1n) is 10.3. The SMILES string of the molecule is Cc1ccccc1-c1cc(-c2c(C)ccc3c2Cc2ccccc2-3)[n+](C)cc1C. The van der Waals surface area contributed by atoms with E-state index in [0.29, 0.717) is 0 Å². The fraction of sp³-hybridized carbons (Fsp3) is 0.179. The summed E-state index contributed by atoms with van der Waals surface area (Å²) < 4.78 is 2.29. The first-order chi connectivity index (χ1) is 14.0. The molecule has 0 fully saturated rings. The summed E-state index contributed by atoms with van der Waals surface area (Å²) >= 11 is 0. The Kier molecular flexibility index (Phi) is 4.13. The van der Waals surface area contributed by atoms with E-state index in [0.717, 1.165) is 6.42 Å². The maximum absolute atomic E-state index is 2.39. The van der Waals surface area contributed by atoms with Gasteiger partial charge in [0.05, 0.1) is 5.56 Å². The number of aryl methyl sites for hydroxylation is 4. The Morgan fingerprint density at radius 3 is 2.17 bits per heavy atom. The summed E-state index contributed by atoms with van der Waals surface area (Å²) in [5, 5.41) is 0. The Labute approximate surface area is 173 Å². The van der Waals surface area contributed by atoms with Crippen molar-refractivity contribution in [1.29, 1.82) is 0 Å². The van der Waals surface area contributed by atoms with Crippen LogP contribution in [0.4, 0.5) is 0 Å². The number of rotatable bonds is 2. The molecule has 4 aromatic rings. The molecular formula is C28H26N+. The molecule has 1 heteroatoms. The smallest absolute Gasteiger partial charge is 0.201 e. The first kappa shape index (κ1) is 17.9. The van der Waals surface area contributed by atoms with E-state index in [1.54, 1.807) is 0 Å². The molecule has 3 aromatic carbocycles. The topological polar surface area (TPSA) is 3.88 Å². The highest BCUT2D eigenvalue weighted by Gasteiger charge is 2.27. The maximum atomic E-state index is 2.39. The molecule has 0 saturated carbocycles. The molecule has 0 N–H and O–H groups in total. The summed E-state index contributed by atoms with van der Waals surface area (Å²) in [5.74, 6) is 0. The predicted octanol–water partition coefficient (Wildman–Crippen LogP) is 6.34. The molecule has 0 saturated heterocycles. The van der Waals surface area contributed by atoms with Crippen molar-refractivity contribution in [2.24, 2.45) is 7.05 Å². The van der Waals surface area contributed by atoms with Gasteiger partial charge in [0, 0.05) is 11.6 Å². The van der Waals surface area contributed by atoms with E-state index in [4.69, 9.17) is 0 Å². The molecule has 0 aliphatic heterocycles. The minimum absolute atomic E-state index is 1.01. The van der Waals surface area contributed by atoms with Crippen molar-refractivity contribution in [3.63, 3.8) is 0 Å². The van der Waals surface area contributed by atoms with Crippen molar-refractivity contribution in [3.05, 3.63) is 101 Å². The summed E-state index contributed by atoms with van der Waals surface area (Å²) in [4.78, 5) is 0. The van der Waals surface area contributed by atoms with Crippen LogP contribution in [0.5, 0.6) is 0 Å². The van der Waals surface area contributed by atoms with Gasteiger partial charge in [-0.1, -0.05) is 60.7 Å². The second-order valence-electron chi connectivity index (χ2n) is 8.30. The zero-order valence-electron chi connectivity index (χ0n) is 17.6. The standard InChI is InChI=1S/C28H26N/c1-18-9-5-7-11-22(18)25-16-27(29(4)17-20(25)3)28-19(2)13-14-24-23-12-8-6-10-21(23)15-26(24)28/h5-14,16-17H,15H2,1-4H3/q+1. The summed E-state index contributed by atoms with van der Waals surface area (Å²) in [5.41, 5.74) is 14.9. The molecule has 0 spiro atoms. The van der Waals surface area contributed by atoms with Crippen LogP contribution in [0.25, 0.3) is 33.5 Å². The fourth-order valence-corrected chi connectivity index (χ4v) is 4.88. The Morgan fingerprint density at radius 1 is 0.655 bits per heavy atom. The number of hydrogen-bond donors (Lipinski definition) is 0. The van der Waals surface area contributed by atoms with Gasteiger partial charge in [0.25, 0.3) is 0 Å². The molecule has 1 heterocycles. The zero-order valence-corrected chi connectivity index (χ0v) is 17.6. The van der Waals surface area contributed by atoms with Crippen LogP contribution in [0.1, 0.15) is 27.8 Å². The molecule has 0 radical (unpaired) electrons. The lowest BCUT2D eigenvalue weighted by atomic mass is 9.91. The van der Waals surface area contributed by atoms with Crippen LogP contribution in [0.15, 0.2) is 72.9 Å².